The van der Waals surface area contributed by atoms with Crippen LogP contribution >= 0.6 is 22.7 Å². The van der Waals surface area contributed by atoms with Gasteiger partial charge in [0.2, 0.25) is 10.3 Å². The highest BCUT2D eigenvalue weighted by atomic mass is 32.1. The van der Waals surface area contributed by atoms with E-state index >= 15 is 0 Å². The lowest BCUT2D eigenvalue weighted by molar-refractivity contribution is 0.261. The molecule has 0 saturated heterocycles. The van der Waals surface area contributed by atoms with Crippen LogP contribution in [0.3, 0.4) is 0 Å². The number of nitrogens with zero attached hydrogens (tertiary/aromatic N) is 4. The molecule has 0 fully saturated rings. The molecule has 0 aliphatic carbocycles. The van der Waals surface area contributed by atoms with Crippen LogP contribution in [0.2, 0.25) is 0 Å². The van der Waals surface area contributed by atoms with Crippen molar-refractivity contribution < 1.29 is 9.59 Å². The maximum absolute atomic E-state index is 12.3. The number of hydrogen-bond acceptors (Lipinski definition) is 8. The molecule has 0 radical (unpaired) electrons. The average molecular weight is 461 g/mol. The Morgan fingerprint density at radius 3 is 1.90 bits per heavy atom. The van der Waals surface area contributed by atoms with Crippen molar-refractivity contribution in [3.63, 3.8) is 0 Å². The normalized spacial score (nSPS) is 10.5. The number of aryl methyl sites for hydroxylation is 3. The number of carbonyl (C=O) groups excluding carboxylic acids is 2. The number of nitrogens with one attached hydrogen (secondary N) is 4. The highest BCUT2D eigenvalue weighted by molar-refractivity contribution is 7.15. The van der Waals surface area contributed by atoms with Crippen LogP contribution in [0.1, 0.15) is 42.3 Å². The van der Waals surface area contributed by atoms with E-state index in [9.17, 15) is 9.59 Å². The van der Waals surface area contributed by atoms with Crippen LogP contribution in [-0.4, -0.2) is 32.5 Å². The monoisotopic (exact) mass is 460 g/mol. The first-order chi connectivity index (χ1) is 15.0. The maximum Gasteiger partial charge on any atom is 0.325 e. The van der Waals surface area contributed by atoms with Crippen LogP contribution in [0.5, 0.6) is 0 Å². The molecule has 2 aromatic heterocycles. The summed E-state index contributed by atoms with van der Waals surface area (Å²) >= 11 is 2.69. The van der Waals surface area contributed by atoms with E-state index in [2.05, 4.69) is 55.5 Å². The molecule has 3 rings (SSSR count). The first-order valence-corrected chi connectivity index (χ1v) is 11.5. The second-order valence-electron chi connectivity index (χ2n) is 6.69. The van der Waals surface area contributed by atoms with Crippen LogP contribution in [-0.2, 0) is 12.8 Å². The standard InChI is InChI=1S/C19H24N8O2S2/c1-4-6-14-24-26-18(30-14)22-16(28)20-12-9-8-11(3)13(10-12)21-17(29)23-19-27-25-15(31-19)7-5-2/h8-10H,4-7H2,1-3H3,(H2,20,22,26,28)(H2,21,23,27,29). The lowest BCUT2D eigenvalue weighted by Gasteiger charge is -2.11. The highest BCUT2D eigenvalue weighted by Gasteiger charge is 2.12. The van der Waals surface area contributed by atoms with E-state index in [0.717, 1.165) is 41.3 Å². The van der Waals surface area contributed by atoms with E-state index in [-0.39, 0.29) is 0 Å². The molecular weight excluding hydrogens is 436 g/mol. The Bertz CT molecular complexity index is 1050. The first kappa shape index (κ1) is 22.6. The van der Waals surface area contributed by atoms with E-state index in [1.165, 1.54) is 22.7 Å². The minimum atomic E-state index is -0.434. The Hall–Kier alpha value is -3.12. The topological polar surface area (TPSA) is 134 Å². The number of aromatic nitrogens is 4. The quantitative estimate of drug-likeness (QED) is 0.378. The van der Waals surface area contributed by atoms with E-state index in [0.29, 0.717) is 21.6 Å². The van der Waals surface area contributed by atoms with Crippen molar-refractivity contribution in [2.45, 2.75) is 46.5 Å². The Morgan fingerprint density at radius 1 is 0.806 bits per heavy atom. The van der Waals surface area contributed by atoms with Gasteiger partial charge in [-0.3, -0.25) is 10.6 Å². The maximum atomic E-state index is 12.3. The molecule has 164 valence electrons. The van der Waals surface area contributed by atoms with Gasteiger partial charge < -0.3 is 10.6 Å². The Kier molecular flexibility index (Phi) is 7.84. The number of rotatable bonds is 8. The smallest absolute Gasteiger partial charge is 0.308 e. The average Bonchev–Trinajstić information content (AvgIpc) is 3.34. The molecule has 4 amide bonds. The lowest BCUT2D eigenvalue weighted by Crippen LogP contribution is -2.21. The second kappa shape index (κ2) is 10.8. The zero-order valence-corrected chi connectivity index (χ0v) is 19.1. The van der Waals surface area contributed by atoms with Crippen molar-refractivity contribution in [2.24, 2.45) is 0 Å². The van der Waals surface area contributed by atoms with E-state index in [4.69, 9.17) is 0 Å². The Morgan fingerprint density at radius 2 is 1.35 bits per heavy atom. The van der Waals surface area contributed by atoms with Gasteiger partial charge in [-0.1, -0.05) is 42.6 Å². The molecule has 0 aliphatic heterocycles. The van der Waals surface area contributed by atoms with Crippen LogP contribution < -0.4 is 21.3 Å². The molecule has 10 nitrogen and oxygen atoms in total. The van der Waals surface area contributed by atoms with Gasteiger partial charge >= 0.3 is 12.1 Å². The summed E-state index contributed by atoms with van der Waals surface area (Å²) in [6, 6.07) is 4.37. The number of amides is 4. The zero-order valence-electron chi connectivity index (χ0n) is 17.5. The molecule has 0 aliphatic rings. The molecule has 0 atom stereocenters. The van der Waals surface area contributed by atoms with Crippen molar-refractivity contribution in [3.05, 3.63) is 33.8 Å². The van der Waals surface area contributed by atoms with E-state index in [1.807, 2.05) is 6.92 Å². The summed E-state index contributed by atoms with van der Waals surface area (Å²) in [4.78, 5) is 24.6. The zero-order chi connectivity index (χ0) is 22.2. The third-order valence-electron chi connectivity index (χ3n) is 4.05. The van der Waals surface area contributed by atoms with Gasteiger partial charge in [0.1, 0.15) is 10.0 Å². The number of carbonyl (C=O) groups is 2. The number of hydrogen-bond donors (Lipinski definition) is 4. The third-order valence-corrected chi connectivity index (χ3v) is 5.84. The van der Waals surface area contributed by atoms with Crippen LogP contribution in [0.4, 0.5) is 31.2 Å². The Labute approximate surface area is 187 Å². The predicted octanol–water partition coefficient (Wildman–Crippen LogP) is 4.89. The van der Waals surface area contributed by atoms with Gasteiger partial charge in [-0.05, 0) is 37.5 Å². The predicted molar refractivity (Wildman–Crippen MR) is 124 cm³/mol. The Balaban J connectivity index is 1.58. The second-order valence-corrected chi connectivity index (χ2v) is 8.81. The number of urea groups is 2. The van der Waals surface area contributed by atoms with Crippen molar-refractivity contribution in [1.82, 2.24) is 20.4 Å². The van der Waals surface area contributed by atoms with Crippen LogP contribution in [0.25, 0.3) is 0 Å². The van der Waals surface area contributed by atoms with Gasteiger partial charge in [-0.25, -0.2) is 9.59 Å². The molecular formula is C19H24N8O2S2. The number of benzene rings is 1. The van der Waals surface area contributed by atoms with Crippen molar-refractivity contribution in [2.75, 3.05) is 21.3 Å². The molecule has 12 heteroatoms. The third kappa shape index (κ3) is 6.69. The van der Waals surface area contributed by atoms with E-state index < -0.39 is 12.1 Å². The highest BCUT2D eigenvalue weighted by Crippen LogP contribution is 2.22. The minimum absolute atomic E-state index is 0.429. The van der Waals surface area contributed by atoms with Gasteiger partial charge in [0.25, 0.3) is 0 Å². The largest absolute Gasteiger partial charge is 0.325 e. The molecule has 0 spiro atoms. The van der Waals surface area contributed by atoms with Crippen molar-refractivity contribution >= 4 is 56.4 Å². The SMILES string of the molecule is CCCc1nnc(NC(=O)Nc2ccc(C)c(NC(=O)Nc3nnc(CCC)s3)c2)s1. The summed E-state index contributed by atoms with van der Waals surface area (Å²) in [5.41, 5.74) is 1.94. The summed E-state index contributed by atoms with van der Waals surface area (Å²) < 4.78 is 0. The molecule has 31 heavy (non-hydrogen) atoms. The number of anilines is 4. The fourth-order valence-corrected chi connectivity index (χ4v) is 4.26. The summed E-state index contributed by atoms with van der Waals surface area (Å²) in [6.45, 7) is 5.98. The van der Waals surface area contributed by atoms with Crippen LogP contribution in [0.15, 0.2) is 18.2 Å². The van der Waals surface area contributed by atoms with Crippen molar-refractivity contribution in [1.29, 1.82) is 0 Å². The minimum Gasteiger partial charge on any atom is -0.308 e. The fourth-order valence-electron chi connectivity index (χ4n) is 2.58. The van der Waals surface area contributed by atoms with Crippen LogP contribution in [0, 0.1) is 6.92 Å². The molecule has 0 saturated carbocycles. The fraction of sp³-hybridized carbons (Fsp3) is 0.368. The lowest BCUT2D eigenvalue weighted by atomic mass is 10.2. The molecule has 1 aromatic carbocycles. The summed E-state index contributed by atoms with van der Waals surface area (Å²) in [7, 11) is 0. The summed E-state index contributed by atoms with van der Waals surface area (Å²) in [5, 5.41) is 29.5. The first-order valence-electron chi connectivity index (χ1n) is 9.88. The summed E-state index contributed by atoms with van der Waals surface area (Å²) in [6.07, 6.45) is 3.58. The van der Waals surface area contributed by atoms with E-state index in [1.54, 1.807) is 18.2 Å². The van der Waals surface area contributed by atoms with Gasteiger partial charge in [-0.15, -0.1) is 20.4 Å². The van der Waals surface area contributed by atoms with Gasteiger partial charge in [0.05, 0.1) is 0 Å². The van der Waals surface area contributed by atoms with Gasteiger partial charge in [0, 0.05) is 24.2 Å². The molecule has 0 unspecified atom stereocenters. The molecule has 0 bridgehead atoms. The summed E-state index contributed by atoms with van der Waals surface area (Å²) in [5.74, 6) is 0. The molecule has 3 aromatic rings. The van der Waals surface area contributed by atoms with Gasteiger partial charge in [0.15, 0.2) is 0 Å². The molecule has 2 heterocycles. The van der Waals surface area contributed by atoms with Gasteiger partial charge in [-0.2, -0.15) is 0 Å². The van der Waals surface area contributed by atoms with Crippen molar-refractivity contribution in [3.8, 4) is 0 Å². The molecule has 4 N–H and O–H groups in total.